The minimum absolute atomic E-state index is 0.158. The minimum atomic E-state index is -0.993. The van der Waals surface area contributed by atoms with Gasteiger partial charge in [-0.15, -0.1) is 0 Å². The van der Waals surface area contributed by atoms with Crippen molar-refractivity contribution in [2.75, 3.05) is 10.2 Å². The van der Waals surface area contributed by atoms with Crippen molar-refractivity contribution < 1.29 is 24.4 Å². The van der Waals surface area contributed by atoms with E-state index in [1.54, 1.807) is 0 Å². The summed E-state index contributed by atoms with van der Waals surface area (Å²) >= 11 is 0. The van der Waals surface area contributed by atoms with E-state index in [-0.39, 0.29) is 23.8 Å². The van der Waals surface area contributed by atoms with Gasteiger partial charge in [-0.05, 0) is 129 Å². The number of para-hydroxylation sites is 1. The van der Waals surface area contributed by atoms with E-state index in [0.29, 0.717) is 30.6 Å². The number of phenolic OH excluding ortho intramolecular Hbond substituents is 1. The van der Waals surface area contributed by atoms with Crippen molar-refractivity contribution in [3.8, 4) is 5.75 Å². The average Bonchev–Trinajstić information content (AvgIpc) is 3.28. The number of hydrogen-bond acceptors (Lipinski definition) is 6. The number of anilines is 3. The van der Waals surface area contributed by atoms with Gasteiger partial charge in [0, 0.05) is 11.4 Å². The molecule has 232 valence electrons. The molecule has 3 aliphatic rings. The number of hydrogen-bond donors (Lipinski definition) is 3. The van der Waals surface area contributed by atoms with Gasteiger partial charge in [0.05, 0.1) is 23.6 Å². The quantitative estimate of drug-likeness (QED) is 0.141. The molecular formula is C37H41BN2O5. The standard InChI is InChI=1S/C37H41BN2O5/c1-5-26-20-30-34(37(43)40(36(30)42)29-14-12-28(13-15-29)39-27-9-7-6-8-10-27)31-21-38(44)45-32(33(26)31)16-11-22(2)17-25-18-23(3)35(41)24(4)19-25/h6-10,12-15,17-19,30-32,34,39,41,44H,5,11,16,20-21H2,1-4H3/b22-17+/t30-,31+,32-,34-/m1/s1. The summed E-state index contributed by atoms with van der Waals surface area (Å²) < 4.78 is 6.15. The smallest absolute Gasteiger partial charge is 0.455 e. The summed E-state index contributed by atoms with van der Waals surface area (Å²) in [5.41, 5.74) is 8.57. The second kappa shape index (κ2) is 12.7. The topological polar surface area (TPSA) is 99.1 Å². The highest BCUT2D eigenvalue weighted by Gasteiger charge is 2.57. The molecule has 3 aromatic carbocycles. The zero-order valence-electron chi connectivity index (χ0n) is 26.4. The Labute approximate surface area is 265 Å². The summed E-state index contributed by atoms with van der Waals surface area (Å²) in [6.45, 7) is 7.98. The number of carbonyl (C=O) groups excluding carboxylic acids is 2. The van der Waals surface area contributed by atoms with Crippen LogP contribution in [0.15, 0.2) is 83.4 Å². The van der Waals surface area contributed by atoms with E-state index in [1.807, 2.05) is 80.6 Å². The first-order valence-electron chi connectivity index (χ1n) is 16.0. The van der Waals surface area contributed by atoms with Crippen molar-refractivity contribution in [1.29, 1.82) is 0 Å². The molecule has 2 aliphatic heterocycles. The first kappa shape index (κ1) is 30.9. The van der Waals surface area contributed by atoms with Crippen molar-refractivity contribution >= 4 is 42.1 Å². The van der Waals surface area contributed by atoms with Crippen LogP contribution < -0.4 is 10.2 Å². The largest absolute Gasteiger partial charge is 0.507 e. The number of aryl methyl sites for hydroxylation is 2. The Morgan fingerprint density at radius 3 is 2.33 bits per heavy atom. The number of carbonyl (C=O) groups is 2. The third-order valence-electron chi connectivity index (χ3n) is 9.65. The summed E-state index contributed by atoms with van der Waals surface area (Å²) in [6, 6.07) is 21.2. The van der Waals surface area contributed by atoms with Crippen LogP contribution in [0.3, 0.4) is 0 Å². The Balaban J connectivity index is 1.21. The lowest BCUT2D eigenvalue weighted by atomic mass is 9.58. The number of aromatic hydroxyl groups is 1. The summed E-state index contributed by atoms with van der Waals surface area (Å²) in [7, 11) is -0.993. The molecule has 6 rings (SSSR count). The first-order chi connectivity index (χ1) is 21.6. The summed E-state index contributed by atoms with van der Waals surface area (Å²) in [4.78, 5) is 29.3. The Hall–Kier alpha value is -4.14. The molecule has 45 heavy (non-hydrogen) atoms. The summed E-state index contributed by atoms with van der Waals surface area (Å²) in [6.07, 6.45) is 4.85. The SMILES string of the molecule is CCC1=C2[C@@H](CC/C(C)=C/c3cc(C)c(O)c(C)c3)OB(O)C[C@@H]2[C@@H]2C(=O)N(c3ccc(Nc4ccccc4)cc3)C(=O)[C@@H]2C1. The van der Waals surface area contributed by atoms with Gasteiger partial charge in [0.1, 0.15) is 5.75 Å². The minimum Gasteiger partial charge on any atom is -0.507 e. The molecule has 4 atom stereocenters. The second-order valence-corrected chi connectivity index (χ2v) is 12.8. The van der Waals surface area contributed by atoms with E-state index in [1.165, 1.54) is 10.5 Å². The lowest BCUT2D eigenvalue weighted by Crippen LogP contribution is -2.46. The van der Waals surface area contributed by atoms with E-state index in [2.05, 4.69) is 25.2 Å². The van der Waals surface area contributed by atoms with Crippen LogP contribution in [-0.4, -0.2) is 35.2 Å². The third kappa shape index (κ3) is 6.09. The molecule has 0 aromatic heterocycles. The molecule has 0 radical (unpaired) electrons. The molecule has 2 amide bonds. The maximum atomic E-state index is 14.1. The van der Waals surface area contributed by atoms with E-state index in [4.69, 9.17) is 4.65 Å². The van der Waals surface area contributed by atoms with Gasteiger partial charge in [-0.25, -0.2) is 0 Å². The molecule has 1 aliphatic carbocycles. The summed E-state index contributed by atoms with van der Waals surface area (Å²) in [5, 5.41) is 24.4. The van der Waals surface area contributed by atoms with Crippen molar-refractivity contribution in [2.45, 2.75) is 65.8 Å². The second-order valence-electron chi connectivity index (χ2n) is 12.8. The predicted molar refractivity (Wildman–Crippen MR) is 179 cm³/mol. The van der Waals surface area contributed by atoms with Gasteiger partial charge in [0.15, 0.2) is 0 Å². The average molecular weight is 605 g/mol. The van der Waals surface area contributed by atoms with Crippen LogP contribution in [0.2, 0.25) is 6.32 Å². The zero-order chi connectivity index (χ0) is 31.8. The summed E-state index contributed by atoms with van der Waals surface area (Å²) in [5.74, 6) is -1.20. The van der Waals surface area contributed by atoms with Gasteiger partial charge >= 0.3 is 7.12 Å². The maximum Gasteiger partial charge on any atom is 0.455 e. The molecule has 2 heterocycles. The normalized spacial score (nSPS) is 23.4. The lowest BCUT2D eigenvalue weighted by molar-refractivity contribution is -0.122. The fourth-order valence-electron chi connectivity index (χ4n) is 7.53. The highest BCUT2D eigenvalue weighted by Crippen LogP contribution is 2.52. The monoisotopic (exact) mass is 604 g/mol. The number of amides is 2. The number of imide groups is 1. The van der Waals surface area contributed by atoms with Crippen molar-refractivity contribution in [1.82, 2.24) is 0 Å². The third-order valence-corrected chi connectivity index (χ3v) is 9.65. The number of nitrogens with zero attached hydrogens (tertiary/aromatic N) is 1. The molecule has 8 heteroatoms. The van der Waals surface area contributed by atoms with E-state index in [9.17, 15) is 19.7 Å². The van der Waals surface area contributed by atoms with Gasteiger partial charge in [0.25, 0.3) is 0 Å². The number of benzene rings is 3. The molecule has 3 aromatic rings. The molecule has 2 saturated heterocycles. The molecular weight excluding hydrogens is 563 g/mol. The van der Waals surface area contributed by atoms with Crippen LogP contribution in [0.25, 0.3) is 6.08 Å². The van der Waals surface area contributed by atoms with E-state index < -0.39 is 19.0 Å². The number of nitrogens with one attached hydrogen (secondary N) is 1. The molecule has 0 unspecified atom stereocenters. The molecule has 0 spiro atoms. The molecule has 0 bridgehead atoms. The van der Waals surface area contributed by atoms with E-state index in [0.717, 1.165) is 52.1 Å². The van der Waals surface area contributed by atoms with Crippen LogP contribution >= 0.6 is 0 Å². The van der Waals surface area contributed by atoms with E-state index >= 15 is 0 Å². The highest BCUT2D eigenvalue weighted by atomic mass is 16.5. The maximum absolute atomic E-state index is 14.1. The van der Waals surface area contributed by atoms with Crippen LogP contribution in [0.4, 0.5) is 17.1 Å². The van der Waals surface area contributed by atoms with Crippen molar-refractivity contribution in [2.24, 2.45) is 17.8 Å². The molecule has 0 saturated carbocycles. The lowest BCUT2D eigenvalue weighted by Gasteiger charge is -2.43. The Bertz CT molecular complexity index is 1640. The Morgan fingerprint density at radius 1 is 1.00 bits per heavy atom. The fourth-order valence-corrected chi connectivity index (χ4v) is 7.53. The predicted octanol–water partition coefficient (Wildman–Crippen LogP) is 7.35. The van der Waals surface area contributed by atoms with Gasteiger partial charge < -0.3 is 20.1 Å². The first-order valence-corrected chi connectivity index (χ1v) is 16.0. The van der Waals surface area contributed by atoms with Crippen LogP contribution in [0.5, 0.6) is 5.75 Å². The number of fused-ring (bicyclic) bond motifs is 3. The fraction of sp³-hybridized carbons (Fsp3) is 0.351. The highest BCUT2D eigenvalue weighted by molar-refractivity contribution is 6.43. The Morgan fingerprint density at radius 2 is 1.67 bits per heavy atom. The van der Waals surface area contributed by atoms with Crippen molar-refractivity contribution in [3.05, 3.63) is 100 Å². The van der Waals surface area contributed by atoms with Crippen molar-refractivity contribution in [3.63, 3.8) is 0 Å². The van der Waals surface area contributed by atoms with Gasteiger partial charge in [-0.2, -0.15) is 0 Å². The van der Waals surface area contributed by atoms with Gasteiger partial charge in [-0.1, -0.05) is 42.3 Å². The molecule has 3 N–H and O–H groups in total. The Kier molecular flexibility index (Phi) is 8.71. The number of phenols is 1. The zero-order valence-corrected chi connectivity index (χ0v) is 26.4. The van der Waals surface area contributed by atoms with Crippen LogP contribution in [0.1, 0.15) is 56.2 Å². The van der Waals surface area contributed by atoms with Gasteiger partial charge in [-0.3, -0.25) is 14.5 Å². The van der Waals surface area contributed by atoms with Crippen LogP contribution in [0, 0.1) is 31.6 Å². The molecule has 2 fully saturated rings. The number of allylic oxidation sites excluding steroid dienone is 2. The number of rotatable bonds is 8. The molecule has 7 nitrogen and oxygen atoms in total. The van der Waals surface area contributed by atoms with Crippen LogP contribution in [-0.2, 0) is 14.2 Å². The van der Waals surface area contributed by atoms with Gasteiger partial charge in [0.2, 0.25) is 11.8 Å².